The average Bonchev–Trinajstić information content (AvgIpc) is 2.88. The summed E-state index contributed by atoms with van der Waals surface area (Å²) in [5.41, 5.74) is 3.42. The number of ether oxygens (including phenoxy) is 2. The van der Waals surface area contributed by atoms with Gasteiger partial charge >= 0.3 is 0 Å². The van der Waals surface area contributed by atoms with Gasteiger partial charge in [-0.3, -0.25) is 14.9 Å². The lowest BCUT2D eigenvalue weighted by atomic mass is 10.2. The molecule has 36 heavy (non-hydrogen) atoms. The monoisotopic (exact) mass is 512 g/mol. The van der Waals surface area contributed by atoms with Crippen molar-refractivity contribution in [3.63, 3.8) is 0 Å². The number of sulfonamides is 1. The lowest BCUT2D eigenvalue weighted by molar-refractivity contribution is -0.384. The minimum Gasteiger partial charge on any atom is -0.493 e. The molecule has 1 amide bonds. The second-order valence-corrected chi connectivity index (χ2v) is 9.36. The van der Waals surface area contributed by atoms with Crippen LogP contribution in [0.3, 0.4) is 0 Å². The van der Waals surface area contributed by atoms with Crippen molar-refractivity contribution in [2.45, 2.75) is 11.4 Å². The van der Waals surface area contributed by atoms with Gasteiger partial charge in [0.1, 0.15) is 0 Å². The van der Waals surface area contributed by atoms with E-state index in [0.29, 0.717) is 16.9 Å². The van der Waals surface area contributed by atoms with Gasteiger partial charge in [0.2, 0.25) is 10.0 Å². The Bertz CT molecular complexity index is 1340. The van der Waals surface area contributed by atoms with Crippen LogP contribution < -0.4 is 14.9 Å². The first-order valence-electron chi connectivity index (χ1n) is 10.6. The van der Waals surface area contributed by atoms with Crippen LogP contribution in [-0.2, 0) is 21.4 Å². The molecule has 0 saturated carbocycles. The summed E-state index contributed by atoms with van der Waals surface area (Å²) < 4.78 is 38.4. The molecule has 0 bridgehead atoms. The molecule has 0 saturated heterocycles. The molecule has 0 radical (unpaired) electrons. The largest absolute Gasteiger partial charge is 0.493 e. The van der Waals surface area contributed by atoms with Gasteiger partial charge in [-0.15, -0.1) is 0 Å². The Morgan fingerprint density at radius 1 is 1.03 bits per heavy atom. The molecule has 0 atom stereocenters. The molecule has 0 fully saturated rings. The number of amides is 1. The van der Waals surface area contributed by atoms with E-state index in [4.69, 9.17) is 9.47 Å². The summed E-state index contributed by atoms with van der Waals surface area (Å²) in [5, 5.41) is 14.6. The first-order chi connectivity index (χ1) is 17.2. The van der Waals surface area contributed by atoms with Crippen LogP contribution in [0.15, 0.2) is 82.8 Å². The highest BCUT2D eigenvalue weighted by atomic mass is 32.2. The van der Waals surface area contributed by atoms with Crippen molar-refractivity contribution in [2.75, 3.05) is 20.8 Å². The number of non-ortho nitro benzene ring substituents is 1. The molecular weight excluding hydrogens is 488 g/mol. The number of nitrogens with zero attached hydrogens (tertiary/aromatic N) is 3. The Labute approximate surface area is 208 Å². The first kappa shape index (κ1) is 26.3. The van der Waals surface area contributed by atoms with E-state index in [0.717, 1.165) is 4.31 Å². The molecule has 188 valence electrons. The summed E-state index contributed by atoms with van der Waals surface area (Å²) in [4.78, 5) is 22.8. The summed E-state index contributed by atoms with van der Waals surface area (Å²) >= 11 is 0. The number of nitro groups is 1. The van der Waals surface area contributed by atoms with Crippen molar-refractivity contribution < 1.29 is 27.6 Å². The number of hydrogen-bond acceptors (Lipinski definition) is 8. The second-order valence-electron chi connectivity index (χ2n) is 7.42. The number of benzene rings is 3. The van der Waals surface area contributed by atoms with Crippen molar-refractivity contribution in [1.82, 2.24) is 9.73 Å². The average molecular weight is 513 g/mol. The number of hydrogen-bond donors (Lipinski definition) is 1. The molecule has 0 aromatic heterocycles. The van der Waals surface area contributed by atoms with Crippen LogP contribution in [0.1, 0.15) is 11.1 Å². The maximum absolute atomic E-state index is 13.5. The molecule has 0 aliphatic rings. The van der Waals surface area contributed by atoms with E-state index < -0.39 is 27.4 Å². The van der Waals surface area contributed by atoms with E-state index in [9.17, 15) is 23.3 Å². The summed E-state index contributed by atoms with van der Waals surface area (Å²) in [7, 11) is -1.29. The molecule has 11 nitrogen and oxygen atoms in total. The Kier molecular flexibility index (Phi) is 8.71. The molecule has 0 aliphatic carbocycles. The zero-order valence-corrected chi connectivity index (χ0v) is 20.3. The molecule has 0 unspecified atom stereocenters. The highest BCUT2D eigenvalue weighted by Crippen LogP contribution is 2.31. The summed E-state index contributed by atoms with van der Waals surface area (Å²) in [6.45, 7) is -0.569. The molecule has 3 aromatic carbocycles. The number of methoxy groups -OCH3 is 2. The van der Waals surface area contributed by atoms with E-state index in [1.807, 2.05) is 0 Å². The second kappa shape index (κ2) is 11.9. The van der Waals surface area contributed by atoms with Gasteiger partial charge in [0.25, 0.3) is 11.6 Å². The standard InChI is InChI=1S/C24H24N4O7S/c1-34-22-13-12-21(14-23(22)35-2)36(32,33)27(16-19-6-4-3-5-7-19)17-24(29)26-25-15-18-8-10-20(11-9-18)28(30)31/h3-15H,16-17H2,1-2H3,(H,26,29)/b25-15-. The van der Waals surface area contributed by atoms with Gasteiger partial charge in [-0.1, -0.05) is 30.3 Å². The normalized spacial score (nSPS) is 11.4. The minimum atomic E-state index is -4.12. The Morgan fingerprint density at radius 2 is 1.69 bits per heavy atom. The molecule has 12 heteroatoms. The Morgan fingerprint density at radius 3 is 2.31 bits per heavy atom. The Balaban J connectivity index is 1.80. The summed E-state index contributed by atoms with van der Waals surface area (Å²) in [5.74, 6) is -0.0760. The number of carbonyl (C=O) groups is 1. The third-order valence-electron chi connectivity index (χ3n) is 5.02. The SMILES string of the molecule is COc1ccc(S(=O)(=O)N(CC(=O)N/N=C\c2ccc([N+](=O)[O-])cc2)Cc2ccccc2)cc1OC. The third-order valence-corrected chi connectivity index (χ3v) is 6.81. The molecule has 0 heterocycles. The van der Waals surface area contributed by atoms with E-state index in [1.165, 1.54) is 62.9 Å². The highest BCUT2D eigenvalue weighted by molar-refractivity contribution is 7.89. The maximum atomic E-state index is 13.5. The van der Waals surface area contributed by atoms with Gasteiger partial charge in [-0.2, -0.15) is 9.41 Å². The lowest BCUT2D eigenvalue weighted by Crippen LogP contribution is -2.39. The van der Waals surface area contributed by atoms with Gasteiger partial charge in [0, 0.05) is 24.7 Å². The molecule has 3 aromatic rings. The van der Waals surface area contributed by atoms with Crippen molar-refractivity contribution in [3.05, 3.63) is 94.0 Å². The van der Waals surface area contributed by atoms with Crippen molar-refractivity contribution in [1.29, 1.82) is 0 Å². The topological polar surface area (TPSA) is 140 Å². The molecule has 0 spiro atoms. The van der Waals surface area contributed by atoms with E-state index in [1.54, 1.807) is 30.3 Å². The number of nitro benzene ring substituents is 1. The van der Waals surface area contributed by atoms with Crippen LogP contribution in [0, 0.1) is 10.1 Å². The van der Waals surface area contributed by atoms with Crippen LogP contribution in [-0.4, -0.2) is 50.5 Å². The number of nitrogens with one attached hydrogen (secondary N) is 1. The Hall–Kier alpha value is -4.29. The van der Waals surface area contributed by atoms with Crippen molar-refractivity contribution >= 4 is 27.8 Å². The summed E-state index contributed by atoms with van der Waals surface area (Å²) in [6, 6.07) is 18.6. The fourth-order valence-corrected chi connectivity index (χ4v) is 4.60. The van der Waals surface area contributed by atoms with Crippen molar-refractivity contribution in [2.24, 2.45) is 5.10 Å². The zero-order chi connectivity index (χ0) is 26.1. The van der Waals surface area contributed by atoms with Gasteiger partial charge in [0.15, 0.2) is 11.5 Å². The number of hydrazone groups is 1. The smallest absolute Gasteiger partial charge is 0.269 e. The maximum Gasteiger partial charge on any atom is 0.269 e. The fraction of sp³-hybridized carbons (Fsp3) is 0.167. The summed E-state index contributed by atoms with van der Waals surface area (Å²) in [6.07, 6.45) is 1.30. The molecule has 0 aliphatic heterocycles. The van der Waals surface area contributed by atoms with E-state index in [-0.39, 0.29) is 22.9 Å². The van der Waals surface area contributed by atoms with Crippen LogP contribution in [0.25, 0.3) is 0 Å². The molecule has 3 rings (SSSR count). The van der Waals surface area contributed by atoms with Crippen LogP contribution in [0.2, 0.25) is 0 Å². The third kappa shape index (κ3) is 6.64. The highest BCUT2D eigenvalue weighted by Gasteiger charge is 2.28. The predicted octanol–water partition coefficient (Wildman–Crippen LogP) is 2.95. The van der Waals surface area contributed by atoms with Crippen LogP contribution >= 0.6 is 0 Å². The fourth-order valence-electron chi connectivity index (χ4n) is 3.20. The molecule has 1 N–H and O–H groups in total. The van der Waals surface area contributed by atoms with Gasteiger partial charge in [0.05, 0.1) is 36.8 Å². The number of rotatable bonds is 11. The lowest BCUT2D eigenvalue weighted by Gasteiger charge is -2.22. The van der Waals surface area contributed by atoms with Gasteiger partial charge in [-0.05, 0) is 35.4 Å². The van der Waals surface area contributed by atoms with E-state index in [2.05, 4.69) is 10.5 Å². The van der Waals surface area contributed by atoms with Gasteiger partial charge in [-0.25, -0.2) is 13.8 Å². The van der Waals surface area contributed by atoms with Gasteiger partial charge < -0.3 is 9.47 Å². The molecular formula is C24H24N4O7S. The van der Waals surface area contributed by atoms with Crippen LogP contribution in [0.5, 0.6) is 11.5 Å². The van der Waals surface area contributed by atoms with Crippen LogP contribution in [0.4, 0.5) is 5.69 Å². The zero-order valence-electron chi connectivity index (χ0n) is 19.5. The quantitative estimate of drug-likeness (QED) is 0.237. The number of carbonyl (C=O) groups excluding carboxylic acids is 1. The minimum absolute atomic E-state index is 0.0585. The van der Waals surface area contributed by atoms with E-state index >= 15 is 0 Å². The predicted molar refractivity (Wildman–Crippen MR) is 132 cm³/mol. The van der Waals surface area contributed by atoms with Crippen molar-refractivity contribution in [3.8, 4) is 11.5 Å². The first-order valence-corrected chi connectivity index (χ1v) is 12.0.